The molecule has 23 heavy (non-hydrogen) atoms. The first-order valence-electron chi connectivity index (χ1n) is 8.52. The number of pyridine rings is 1. The molecule has 1 N–H and O–H groups in total. The fourth-order valence-corrected chi connectivity index (χ4v) is 4.16. The number of piperidine rings is 1. The van der Waals surface area contributed by atoms with Gasteiger partial charge in [-0.15, -0.1) is 0 Å². The number of likely N-dealkylation sites (tertiary alicyclic amines) is 1. The van der Waals surface area contributed by atoms with Gasteiger partial charge in [-0.3, -0.25) is 9.20 Å². The Morgan fingerprint density at radius 3 is 3.09 bits per heavy atom. The van der Waals surface area contributed by atoms with Crippen molar-refractivity contribution in [2.45, 2.75) is 44.6 Å². The summed E-state index contributed by atoms with van der Waals surface area (Å²) >= 11 is 0. The molecule has 0 aromatic carbocycles. The molecule has 2 aromatic rings. The van der Waals surface area contributed by atoms with Gasteiger partial charge in [0, 0.05) is 25.2 Å². The third-order valence-corrected chi connectivity index (χ3v) is 5.59. The zero-order valence-electron chi connectivity index (χ0n) is 13.5. The lowest BCUT2D eigenvalue weighted by Crippen LogP contribution is -2.54. The van der Waals surface area contributed by atoms with Gasteiger partial charge in [0.05, 0.1) is 11.8 Å². The van der Waals surface area contributed by atoms with Gasteiger partial charge in [0.15, 0.2) is 0 Å². The van der Waals surface area contributed by atoms with Crippen molar-refractivity contribution in [2.24, 2.45) is 5.92 Å². The zero-order chi connectivity index (χ0) is 16.0. The first-order chi connectivity index (χ1) is 11.1. The Hall–Kier alpha value is -1.88. The summed E-state index contributed by atoms with van der Waals surface area (Å²) in [5.74, 6) is 0.241. The Bertz CT molecular complexity index is 754. The second-order valence-corrected chi connectivity index (χ2v) is 7.13. The van der Waals surface area contributed by atoms with E-state index in [0.717, 1.165) is 36.9 Å². The molecule has 4 rings (SSSR count). The summed E-state index contributed by atoms with van der Waals surface area (Å²) in [5, 5.41) is 10.8. The maximum atomic E-state index is 12.9. The van der Waals surface area contributed by atoms with E-state index in [0.29, 0.717) is 25.2 Å². The van der Waals surface area contributed by atoms with Gasteiger partial charge in [-0.2, -0.15) is 0 Å². The molecular weight excluding hydrogens is 290 g/mol. The number of nitrogens with zero attached hydrogens (tertiary/aromatic N) is 3. The maximum absolute atomic E-state index is 12.9. The van der Waals surface area contributed by atoms with Gasteiger partial charge in [0.1, 0.15) is 11.3 Å². The number of rotatable bonds is 1. The summed E-state index contributed by atoms with van der Waals surface area (Å²) in [5.41, 5.74) is 1.96. The van der Waals surface area contributed by atoms with Gasteiger partial charge in [-0.05, 0) is 37.8 Å². The highest BCUT2D eigenvalue weighted by Gasteiger charge is 2.44. The zero-order valence-corrected chi connectivity index (χ0v) is 13.5. The average Bonchev–Trinajstić information content (AvgIpc) is 2.96. The lowest BCUT2D eigenvalue weighted by Gasteiger charge is -2.47. The summed E-state index contributed by atoms with van der Waals surface area (Å²) in [6.07, 6.45) is 8.48. The van der Waals surface area contributed by atoms with Crippen molar-refractivity contribution in [2.75, 3.05) is 13.1 Å². The van der Waals surface area contributed by atoms with Crippen LogP contribution >= 0.6 is 0 Å². The Morgan fingerprint density at radius 1 is 1.35 bits per heavy atom. The monoisotopic (exact) mass is 313 g/mol. The van der Waals surface area contributed by atoms with Crippen molar-refractivity contribution >= 4 is 11.6 Å². The Balaban J connectivity index is 1.60. The highest BCUT2D eigenvalue weighted by molar-refractivity contribution is 5.93. The maximum Gasteiger partial charge on any atom is 0.272 e. The number of hydrogen-bond acceptors (Lipinski definition) is 3. The predicted octanol–water partition coefficient (Wildman–Crippen LogP) is 2.41. The van der Waals surface area contributed by atoms with Gasteiger partial charge in [-0.25, -0.2) is 4.98 Å². The smallest absolute Gasteiger partial charge is 0.272 e. The van der Waals surface area contributed by atoms with E-state index in [4.69, 9.17) is 0 Å². The van der Waals surface area contributed by atoms with E-state index < -0.39 is 5.60 Å². The molecule has 5 nitrogen and oxygen atoms in total. The molecule has 1 amide bonds. The molecule has 0 bridgehead atoms. The van der Waals surface area contributed by atoms with Crippen LogP contribution in [0.1, 0.15) is 48.2 Å². The molecule has 1 aliphatic carbocycles. The molecular formula is C18H23N3O2. The standard InChI is InChI=1S/C18H23N3O2/c1-13-5-6-16-19-10-15(21(16)11-13)17(22)20-9-8-18(23)7-3-2-4-14(18)12-20/h5-6,10-11,14,23H,2-4,7-9,12H2,1H3. The Labute approximate surface area is 135 Å². The quantitative estimate of drug-likeness (QED) is 0.879. The molecule has 3 heterocycles. The topological polar surface area (TPSA) is 57.8 Å². The molecule has 0 spiro atoms. The molecule has 1 saturated heterocycles. The van der Waals surface area contributed by atoms with Crippen LogP contribution in [0.2, 0.25) is 0 Å². The lowest BCUT2D eigenvalue weighted by molar-refractivity contribution is -0.0886. The molecule has 2 fully saturated rings. The summed E-state index contributed by atoms with van der Waals surface area (Å²) in [4.78, 5) is 19.2. The third kappa shape index (κ3) is 2.43. The minimum absolute atomic E-state index is 0.0238. The van der Waals surface area contributed by atoms with E-state index >= 15 is 0 Å². The highest BCUT2D eigenvalue weighted by Crippen LogP contribution is 2.40. The predicted molar refractivity (Wildman–Crippen MR) is 87.4 cm³/mol. The lowest BCUT2D eigenvalue weighted by atomic mass is 9.71. The van der Waals surface area contributed by atoms with Crippen molar-refractivity contribution in [3.8, 4) is 0 Å². The second-order valence-electron chi connectivity index (χ2n) is 7.13. The van der Waals surface area contributed by atoms with Crippen molar-refractivity contribution in [1.29, 1.82) is 0 Å². The summed E-state index contributed by atoms with van der Waals surface area (Å²) < 4.78 is 1.87. The van der Waals surface area contributed by atoms with Crippen molar-refractivity contribution < 1.29 is 9.90 Å². The Morgan fingerprint density at radius 2 is 2.22 bits per heavy atom. The van der Waals surface area contributed by atoms with Crippen LogP contribution in [-0.4, -0.2) is 44.0 Å². The van der Waals surface area contributed by atoms with Crippen LogP contribution in [0.25, 0.3) is 5.65 Å². The number of fused-ring (bicyclic) bond motifs is 2. The number of amides is 1. The van der Waals surface area contributed by atoms with Crippen molar-refractivity contribution in [1.82, 2.24) is 14.3 Å². The number of aryl methyl sites for hydroxylation is 1. The van der Waals surface area contributed by atoms with Gasteiger partial charge in [0.2, 0.25) is 0 Å². The van der Waals surface area contributed by atoms with Crippen LogP contribution in [0, 0.1) is 12.8 Å². The molecule has 2 aromatic heterocycles. The van der Waals surface area contributed by atoms with Crippen LogP contribution < -0.4 is 0 Å². The normalized spacial score (nSPS) is 27.9. The first-order valence-corrected chi connectivity index (χ1v) is 8.52. The van der Waals surface area contributed by atoms with E-state index in [9.17, 15) is 9.90 Å². The summed E-state index contributed by atoms with van der Waals surface area (Å²) in [6.45, 7) is 3.30. The molecule has 2 unspecified atom stereocenters. The van der Waals surface area contributed by atoms with E-state index in [1.165, 1.54) is 0 Å². The van der Waals surface area contributed by atoms with E-state index in [-0.39, 0.29) is 11.8 Å². The first kappa shape index (κ1) is 14.7. The van der Waals surface area contributed by atoms with Crippen LogP contribution in [-0.2, 0) is 0 Å². The number of aromatic nitrogens is 2. The molecule has 2 aliphatic rings. The molecule has 122 valence electrons. The SMILES string of the molecule is Cc1ccc2ncc(C(=O)N3CCC4(O)CCCCC4C3)n2c1. The minimum Gasteiger partial charge on any atom is -0.389 e. The molecule has 1 aliphatic heterocycles. The second kappa shape index (κ2) is 5.34. The van der Waals surface area contributed by atoms with Gasteiger partial charge < -0.3 is 10.0 Å². The Kier molecular flexibility index (Phi) is 3.41. The number of aliphatic hydroxyl groups is 1. The van der Waals surface area contributed by atoms with Crippen molar-refractivity contribution in [3.05, 3.63) is 35.8 Å². The van der Waals surface area contributed by atoms with Gasteiger partial charge in [-0.1, -0.05) is 18.9 Å². The van der Waals surface area contributed by atoms with E-state index in [1.807, 2.05) is 34.6 Å². The highest BCUT2D eigenvalue weighted by atomic mass is 16.3. The number of imidazole rings is 1. The van der Waals surface area contributed by atoms with Gasteiger partial charge >= 0.3 is 0 Å². The molecule has 5 heteroatoms. The largest absolute Gasteiger partial charge is 0.389 e. The summed E-state index contributed by atoms with van der Waals surface area (Å²) in [6, 6.07) is 3.93. The van der Waals surface area contributed by atoms with E-state index in [2.05, 4.69) is 4.98 Å². The molecule has 1 saturated carbocycles. The number of hydrogen-bond donors (Lipinski definition) is 1. The fourth-order valence-electron chi connectivity index (χ4n) is 4.16. The van der Waals surface area contributed by atoms with Crippen LogP contribution in [0.3, 0.4) is 0 Å². The van der Waals surface area contributed by atoms with Gasteiger partial charge in [0.25, 0.3) is 5.91 Å². The molecule has 0 radical (unpaired) electrons. The average molecular weight is 313 g/mol. The van der Waals surface area contributed by atoms with Crippen LogP contribution in [0.4, 0.5) is 0 Å². The number of carbonyl (C=O) groups is 1. The number of carbonyl (C=O) groups excluding carboxylic acids is 1. The third-order valence-electron chi connectivity index (χ3n) is 5.59. The fraction of sp³-hybridized carbons (Fsp3) is 0.556. The van der Waals surface area contributed by atoms with E-state index in [1.54, 1.807) is 6.20 Å². The molecule has 2 atom stereocenters. The van der Waals surface area contributed by atoms with Crippen LogP contribution in [0.5, 0.6) is 0 Å². The van der Waals surface area contributed by atoms with Crippen molar-refractivity contribution in [3.63, 3.8) is 0 Å². The minimum atomic E-state index is -0.550. The summed E-state index contributed by atoms with van der Waals surface area (Å²) in [7, 11) is 0. The van der Waals surface area contributed by atoms with Crippen LogP contribution in [0.15, 0.2) is 24.5 Å².